The molecule has 4 aromatic carbocycles. The molecule has 81 heavy (non-hydrogen) atoms. The summed E-state index contributed by atoms with van der Waals surface area (Å²) < 4.78 is 42.1. The fourth-order valence-electron chi connectivity index (χ4n) is 11.9. The molecule has 0 spiro atoms. The Labute approximate surface area is 466 Å². The van der Waals surface area contributed by atoms with Crippen LogP contribution in [0.5, 0.6) is 0 Å². The number of ether oxygens (including phenoxy) is 7. The van der Waals surface area contributed by atoms with E-state index in [1.54, 1.807) is 66.7 Å². The minimum Gasteiger partial charge on any atom is -0.478 e. The maximum Gasteiger partial charge on any atom is 0.509 e. The maximum atomic E-state index is 15.8. The Morgan fingerprint density at radius 1 is 0.765 bits per heavy atom. The summed E-state index contributed by atoms with van der Waals surface area (Å²) in [5.41, 5.74) is -7.49. The quantitative estimate of drug-likeness (QED) is 0.0311. The lowest BCUT2D eigenvalue weighted by Gasteiger charge is -2.67. The second kappa shape index (κ2) is 23.8. The summed E-state index contributed by atoms with van der Waals surface area (Å²) in [6.45, 7) is 7.37. The fourth-order valence-corrected chi connectivity index (χ4v) is 11.9. The van der Waals surface area contributed by atoms with Crippen molar-refractivity contribution in [3.8, 4) is 0 Å². The topological polar surface area (TPSA) is 303 Å². The lowest BCUT2D eigenvalue weighted by Crippen LogP contribution is -2.82. The average molecular weight is 1120 g/mol. The number of unbranched alkanes of at least 4 members (excludes halogenated alkanes) is 1. The number of rotatable bonds is 18. The van der Waals surface area contributed by atoms with Gasteiger partial charge in [-0.1, -0.05) is 80.6 Å². The number of carboxylic acids is 1. The number of nitrogens with one attached hydrogen (secondary N) is 2. The molecule has 4 aliphatic rings. The van der Waals surface area contributed by atoms with Crippen LogP contribution in [0.25, 0.3) is 0 Å². The fraction of sp³-hybridized carbons (Fsp3) is 0.417. The van der Waals surface area contributed by atoms with Crippen LogP contribution in [0.2, 0.25) is 0 Å². The first-order valence-corrected chi connectivity index (χ1v) is 26.4. The van der Waals surface area contributed by atoms with E-state index in [0.717, 1.165) is 13.8 Å². The third-order valence-corrected chi connectivity index (χ3v) is 16.1. The number of aromatic carboxylic acids is 1. The van der Waals surface area contributed by atoms with Crippen LogP contribution in [0.3, 0.4) is 0 Å². The van der Waals surface area contributed by atoms with Crippen molar-refractivity contribution in [2.45, 2.75) is 128 Å². The standard InChI is InChI=1S/C60H64N2O19/c1-33-41(31-60(74)51(80-54(71)39-22-14-9-15-23-39)49-58(6,42(65)30-43-59(49,32-76-43)81-35(3)64)50(67)47(77-34(2)63)45(33)57(60,4)5)78-55(72)48(46(36-18-10-7-11-19-36)62-52(68)37-20-12-8-13-21-37)79-56(73)75-29-17-16-24-44(66)61-40-27-25-38(26-28-40)53(69)70/h7-15,18-23,25-28,41-43,46-49,51,65,74H,16-17,24,29-32H2,1-6H3,(H,61,66)(H,62,68)(H,69,70)/t41-,42?,43+,46-,47+,48+,49-,51-,58+,59-,60+/m0/s1. The molecule has 1 heterocycles. The van der Waals surface area contributed by atoms with Crippen molar-refractivity contribution < 1.29 is 91.6 Å². The number of hydrogen-bond donors (Lipinski definition) is 5. The summed E-state index contributed by atoms with van der Waals surface area (Å²) in [7, 11) is 0. The number of carbonyl (C=O) groups is 9. The van der Waals surface area contributed by atoms with E-state index in [0.29, 0.717) is 5.69 Å². The molecule has 11 atom stereocenters. The minimum absolute atomic E-state index is 0.0146. The number of carboxylic acid groups (broad SMARTS) is 1. The molecule has 21 nitrogen and oxygen atoms in total. The van der Waals surface area contributed by atoms with Gasteiger partial charge in [0.05, 0.1) is 41.8 Å². The smallest absolute Gasteiger partial charge is 0.478 e. The van der Waals surface area contributed by atoms with Gasteiger partial charge in [-0.2, -0.15) is 0 Å². The molecule has 5 N–H and O–H groups in total. The lowest BCUT2D eigenvalue weighted by atomic mass is 9.44. The first kappa shape index (κ1) is 58.9. The van der Waals surface area contributed by atoms with Crippen molar-refractivity contribution in [2.75, 3.05) is 18.5 Å². The van der Waals surface area contributed by atoms with Crippen LogP contribution in [0.4, 0.5) is 10.5 Å². The highest BCUT2D eigenvalue weighted by Crippen LogP contribution is 2.64. The summed E-state index contributed by atoms with van der Waals surface area (Å²) in [4.78, 5) is 124. The average Bonchev–Trinajstić information content (AvgIpc) is 3.25. The summed E-state index contributed by atoms with van der Waals surface area (Å²) >= 11 is 0. The first-order valence-electron chi connectivity index (χ1n) is 26.4. The number of ketones is 1. The van der Waals surface area contributed by atoms with E-state index >= 15 is 9.59 Å². The van der Waals surface area contributed by atoms with Crippen molar-refractivity contribution in [3.63, 3.8) is 0 Å². The number of carbonyl (C=O) groups excluding carboxylic acids is 8. The summed E-state index contributed by atoms with van der Waals surface area (Å²) in [6.07, 6.45) is -12.4. The second-order valence-corrected chi connectivity index (χ2v) is 21.4. The molecule has 0 aromatic heterocycles. The third kappa shape index (κ3) is 11.7. The molecule has 0 radical (unpaired) electrons. The van der Waals surface area contributed by atoms with Gasteiger partial charge in [-0.3, -0.25) is 24.0 Å². The van der Waals surface area contributed by atoms with Gasteiger partial charge in [0.15, 0.2) is 17.5 Å². The summed E-state index contributed by atoms with van der Waals surface area (Å²) in [5, 5.41) is 40.9. The Morgan fingerprint density at radius 2 is 1.38 bits per heavy atom. The minimum atomic E-state index is -2.52. The predicted octanol–water partition coefficient (Wildman–Crippen LogP) is 6.40. The molecular weight excluding hydrogens is 1050 g/mol. The van der Waals surface area contributed by atoms with Crippen LogP contribution >= 0.6 is 0 Å². The van der Waals surface area contributed by atoms with Crippen LogP contribution in [0, 0.1) is 16.7 Å². The molecule has 1 aliphatic heterocycles. The highest BCUT2D eigenvalue weighted by atomic mass is 16.7. The van der Waals surface area contributed by atoms with Crippen LogP contribution in [0.15, 0.2) is 126 Å². The number of fused-ring (bicyclic) bond motifs is 5. The van der Waals surface area contributed by atoms with Crippen LogP contribution in [-0.4, -0.2) is 130 Å². The number of benzene rings is 4. The van der Waals surface area contributed by atoms with Crippen LogP contribution in [-0.2, 0) is 57.1 Å². The molecule has 4 aromatic rings. The van der Waals surface area contributed by atoms with Crippen LogP contribution in [0.1, 0.15) is 116 Å². The lowest BCUT2D eigenvalue weighted by molar-refractivity contribution is -0.346. The summed E-state index contributed by atoms with van der Waals surface area (Å²) in [6, 6.07) is 27.7. The largest absolute Gasteiger partial charge is 0.509 e. The number of hydrogen-bond acceptors (Lipinski definition) is 18. The SMILES string of the molecule is CC(=O)O[C@H]1C(=O)[C@]2(C)C(O)C[C@H]3OC[C@@]3(OC(C)=O)[C@H]2[C@H](OC(=O)c2ccccc2)[C@]2(O)C[C@H](OC(=O)[C@H](OC(=O)OCCCCC(=O)Nc3ccc(C(=O)O)cc3)[C@@H](NC(=O)c3ccccc3)c3ccccc3)C(C)=C1C2(C)C. The highest BCUT2D eigenvalue weighted by Gasteiger charge is 2.78. The van der Waals surface area contributed by atoms with Crippen molar-refractivity contribution >= 4 is 59.3 Å². The normalized spacial score (nSPS) is 26.8. The van der Waals surface area contributed by atoms with Gasteiger partial charge in [0.1, 0.15) is 30.0 Å². The van der Waals surface area contributed by atoms with E-state index < -0.39 is 131 Å². The van der Waals surface area contributed by atoms with Gasteiger partial charge < -0.3 is 59.1 Å². The molecule has 2 amide bonds. The molecule has 3 aliphatic carbocycles. The molecule has 428 valence electrons. The zero-order valence-corrected chi connectivity index (χ0v) is 45.4. The summed E-state index contributed by atoms with van der Waals surface area (Å²) in [5.74, 6) is -8.90. The van der Waals surface area contributed by atoms with Gasteiger partial charge in [0.2, 0.25) is 12.0 Å². The Bertz CT molecular complexity index is 3090. The van der Waals surface area contributed by atoms with Gasteiger partial charge in [-0.15, -0.1) is 0 Å². The molecule has 2 bridgehead atoms. The number of anilines is 1. The van der Waals surface area contributed by atoms with E-state index in [9.17, 15) is 48.9 Å². The van der Waals surface area contributed by atoms with Gasteiger partial charge in [-0.05, 0) is 91.9 Å². The van der Waals surface area contributed by atoms with Gasteiger partial charge in [0.25, 0.3) is 5.91 Å². The number of aliphatic hydroxyl groups excluding tert-OH is 1. The van der Waals surface area contributed by atoms with Gasteiger partial charge >= 0.3 is 36.0 Å². The molecule has 3 fully saturated rings. The van der Waals surface area contributed by atoms with Crippen molar-refractivity contribution in [1.82, 2.24) is 5.32 Å². The number of amides is 2. The molecule has 1 unspecified atom stereocenters. The van der Waals surface area contributed by atoms with Crippen molar-refractivity contribution in [2.24, 2.45) is 16.7 Å². The Balaban J connectivity index is 1.18. The third-order valence-electron chi connectivity index (χ3n) is 16.1. The molecule has 2 saturated carbocycles. The van der Waals surface area contributed by atoms with E-state index in [1.807, 2.05) is 0 Å². The number of esters is 4. The van der Waals surface area contributed by atoms with Crippen molar-refractivity contribution in [1.29, 1.82) is 0 Å². The molecule has 8 rings (SSSR count). The molecule has 1 saturated heterocycles. The van der Waals surface area contributed by atoms with E-state index in [2.05, 4.69) is 10.6 Å². The molecular formula is C60H64N2O19. The van der Waals surface area contributed by atoms with E-state index in [4.69, 9.17) is 33.2 Å². The molecule has 21 heteroatoms. The number of Topliss-reactive ketones (excluding diaryl/α,β-unsaturated/α-hetero) is 1. The number of aliphatic hydroxyl groups is 2. The van der Waals surface area contributed by atoms with Crippen LogP contribution < -0.4 is 10.6 Å². The Morgan fingerprint density at radius 3 is 1.96 bits per heavy atom. The first-order chi connectivity index (χ1) is 38.4. The zero-order valence-electron chi connectivity index (χ0n) is 45.4. The predicted molar refractivity (Wildman–Crippen MR) is 284 cm³/mol. The monoisotopic (exact) mass is 1120 g/mol. The zero-order chi connectivity index (χ0) is 58.6. The van der Waals surface area contributed by atoms with E-state index in [1.165, 1.54) is 76.2 Å². The van der Waals surface area contributed by atoms with Gasteiger partial charge in [0, 0.05) is 49.8 Å². The highest BCUT2D eigenvalue weighted by molar-refractivity contribution is 5.97. The van der Waals surface area contributed by atoms with Gasteiger partial charge in [-0.25, -0.2) is 19.2 Å². The van der Waals surface area contributed by atoms with E-state index in [-0.39, 0.29) is 72.3 Å². The van der Waals surface area contributed by atoms with Crippen molar-refractivity contribution in [3.05, 3.63) is 149 Å². The second-order valence-electron chi connectivity index (χ2n) is 21.4. The maximum absolute atomic E-state index is 15.8. The Kier molecular flexibility index (Phi) is 17.3. The Hall–Kier alpha value is -8.27.